The maximum absolute atomic E-state index is 4.60. The Morgan fingerprint density at radius 3 is 2.40 bits per heavy atom. The highest BCUT2D eigenvalue weighted by Crippen LogP contribution is 2.08. The summed E-state index contributed by atoms with van der Waals surface area (Å²) in [5.41, 5.74) is 2.58. The average molecular weight is 276 g/mol. The number of hydrogen-bond acceptors (Lipinski definition) is 4. The van der Waals surface area contributed by atoms with Crippen LogP contribution in [-0.4, -0.2) is 53.5 Å². The molecule has 2 rings (SSSR count). The van der Waals surface area contributed by atoms with Crippen LogP contribution in [0.3, 0.4) is 0 Å². The molecule has 1 N–H and O–H groups in total. The second kappa shape index (κ2) is 6.66. The number of piperazine rings is 1. The first kappa shape index (κ1) is 15.4. The SMILES string of the molecule is CN1CCN(Cc2ccc(CNC(C)(C)C)cn2)CC1. The zero-order valence-electron chi connectivity index (χ0n) is 13.3. The van der Waals surface area contributed by atoms with Crippen LogP contribution in [0.2, 0.25) is 0 Å². The third kappa shape index (κ3) is 5.19. The molecule has 112 valence electrons. The van der Waals surface area contributed by atoms with Crippen molar-refractivity contribution in [3.8, 4) is 0 Å². The maximum Gasteiger partial charge on any atom is 0.0544 e. The normalized spacial score (nSPS) is 18.4. The fraction of sp³-hybridized carbons (Fsp3) is 0.688. The van der Waals surface area contributed by atoms with E-state index < -0.39 is 0 Å². The van der Waals surface area contributed by atoms with Crippen molar-refractivity contribution in [3.05, 3.63) is 29.6 Å². The van der Waals surface area contributed by atoms with Gasteiger partial charge in [0, 0.05) is 51.0 Å². The summed E-state index contributed by atoms with van der Waals surface area (Å²) >= 11 is 0. The quantitative estimate of drug-likeness (QED) is 0.907. The lowest BCUT2D eigenvalue weighted by molar-refractivity contribution is 0.147. The predicted molar refractivity (Wildman–Crippen MR) is 83.6 cm³/mol. The topological polar surface area (TPSA) is 31.4 Å². The van der Waals surface area contributed by atoms with Gasteiger partial charge >= 0.3 is 0 Å². The Hall–Kier alpha value is -0.970. The number of nitrogens with one attached hydrogen (secondary N) is 1. The zero-order chi connectivity index (χ0) is 14.6. The van der Waals surface area contributed by atoms with Gasteiger partial charge in [-0.1, -0.05) is 6.07 Å². The summed E-state index contributed by atoms with van der Waals surface area (Å²) in [6.45, 7) is 13.0. The summed E-state index contributed by atoms with van der Waals surface area (Å²) in [6, 6.07) is 4.36. The van der Waals surface area contributed by atoms with E-state index in [0.29, 0.717) is 0 Å². The highest BCUT2D eigenvalue weighted by atomic mass is 15.2. The Kier molecular flexibility index (Phi) is 5.13. The van der Waals surface area contributed by atoms with Crippen molar-refractivity contribution in [2.75, 3.05) is 33.2 Å². The summed E-state index contributed by atoms with van der Waals surface area (Å²) in [5, 5.41) is 3.49. The lowest BCUT2D eigenvalue weighted by Gasteiger charge is -2.32. The maximum atomic E-state index is 4.60. The van der Waals surface area contributed by atoms with Gasteiger partial charge in [0.25, 0.3) is 0 Å². The van der Waals surface area contributed by atoms with Gasteiger partial charge in [-0.25, -0.2) is 0 Å². The number of nitrogens with zero attached hydrogens (tertiary/aromatic N) is 3. The van der Waals surface area contributed by atoms with Crippen molar-refractivity contribution in [2.45, 2.75) is 39.4 Å². The van der Waals surface area contributed by atoms with Crippen molar-refractivity contribution in [1.82, 2.24) is 20.1 Å². The van der Waals surface area contributed by atoms with E-state index in [1.54, 1.807) is 0 Å². The molecule has 0 spiro atoms. The molecule has 1 aliphatic rings. The first-order valence-electron chi connectivity index (χ1n) is 7.52. The van der Waals surface area contributed by atoms with Gasteiger partial charge in [-0.15, -0.1) is 0 Å². The second-order valence-electron chi connectivity index (χ2n) is 6.84. The Bertz CT molecular complexity index is 399. The molecule has 0 radical (unpaired) electrons. The van der Waals surface area contributed by atoms with Crippen LogP contribution >= 0.6 is 0 Å². The zero-order valence-corrected chi connectivity index (χ0v) is 13.3. The van der Waals surface area contributed by atoms with Gasteiger partial charge < -0.3 is 10.2 Å². The van der Waals surface area contributed by atoms with Crippen molar-refractivity contribution in [2.24, 2.45) is 0 Å². The summed E-state index contributed by atoms with van der Waals surface area (Å²) in [7, 11) is 2.19. The van der Waals surface area contributed by atoms with Crippen molar-refractivity contribution >= 4 is 0 Å². The predicted octanol–water partition coefficient (Wildman–Crippen LogP) is 1.72. The molecule has 0 atom stereocenters. The van der Waals surface area contributed by atoms with Gasteiger partial charge in [-0.05, 0) is 39.4 Å². The van der Waals surface area contributed by atoms with E-state index in [1.165, 1.54) is 11.3 Å². The van der Waals surface area contributed by atoms with Gasteiger partial charge in [-0.3, -0.25) is 9.88 Å². The minimum atomic E-state index is 0.151. The molecule has 2 heterocycles. The molecule has 20 heavy (non-hydrogen) atoms. The van der Waals surface area contributed by atoms with Crippen molar-refractivity contribution in [3.63, 3.8) is 0 Å². The van der Waals surface area contributed by atoms with E-state index in [4.69, 9.17) is 0 Å². The summed E-state index contributed by atoms with van der Waals surface area (Å²) in [5.74, 6) is 0. The minimum Gasteiger partial charge on any atom is -0.308 e. The van der Waals surface area contributed by atoms with E-state index in [-0.39, 0.29) is 5.54 Å². The highest BCUT2D eigenvalue weighted by molar-refractivity contribution is 5.14. The fourth-order valence-corrected chi connectivity index (χ4v) is 2.26. The van der Waals surface area contributed by atoms with Crippen LogP contribution in [0.5, 0.6) is 0 Å². The Morgan fingerprint density at radius 1 is 1.15 bits per heavy atom. The monoisotopic (exact) mass is 276 g/mol. The minimum absolute atomic E-state index is 0.151. The van der Waals surface area contributed by atoms with E-state index in [0.717, 1.165) is 39.3 Å². The van der Waals surface area contributed by atoms with E-state index in [9.17, 15) is 0 Å². The third-order valence-electron chi connectivity index (χ3n) is 3.69. The molecule has 1 aliphatic heterocycles. The molecule has 0 aromatic carbocycles. The Balaban J connectivity index is 1.82. The molecule has 4 heteroatoms. The van der Waals surface area contributed by atoms with Crippen LogP contribution in [0.1, 0.15) is 32.0 Å². The average Bonchev–Trinajstić information content (AvgIpc) is 2.40. The van der Waals surface area contributed by atoms with Gasteiger partial charge in [0.05, 0.1) is 5.69 Å². The van der Waals surface area contributed by atoms with Gasteiger partial charge in [0.1, 0.15) is 0 Å². The molecule has 1 aromatic heterocycles. The molecular weight excluding hydrogens is 248 g/mol. The lowest BCUT2D eigenvalue weighted by atomic mass is 10.1. The van der Waals surface area contributed by atoms with Crippen LogP contribution in [-0.2, 0) is 13.1 Å². The number of aromatic nitrogens is 1. The molecule has 0 unspecified atom stereocenters. The van der Waals surface area contributed by atoms with Crippen LogP contribution in [0.25, 0.3) is 0 Å². The fourth-order valence-electron chi connectivity index (χ4n) is 2.26. The molecule has 4 nitrogen and oxygen atoms in total. The largest absolute Gasteiger partial charge is 0.308 e. The van der Waals surface area contributed by atoms with Crippen LogP contribution in [0.15, 0.2) is 18.3 Å². The van der Waals surface area contributed by atoms with Gasteiger partial charge in [0.2, 0.25) is 0 Å². The van der Waals surface area contributed by atoms with E-state index in [1.807, 2.05) is 6.20 Å². The molecule has 1 fully saturated rings. The molecule has 0 aliphatic carbocycles. The standard InChI is InChI=1S/C16H28N4/c1-16(2,3)18-12-14-5-6-15(17-11-14)13-20-9-7-19(4)8-10-20/h5-6,11,18H,7-10,12-13H2,1-4H3. The molecule has 1 aromatic rings. The molecule has 0 bridgehead atoms. The van der Waals surface area contributed by atoms with Gasteiger partial charge in [0.15, 0.2) is 0 Å². The summed E-state index contributed by atoms with van der Waals surface area (Å²) in [4.78, 5) is 9.46. The van der Waals surface area contributed by atoms with Crippen molar-refractivity contribution in [1.29, 1.82) is 0 Å². The van der Waals surface area contributed by atoms with E-state index in [2.05, 4.69) is 60.1 Å². The second-order valence-corrected chi connectivity index (χ2v) is 6.84. The molecular formula is C16H28N4. The van der Waals surface area contributed by atoms with Crippen molar-refractivity contribution < 1.29 is 0 Å². The first-order chi connectivity index (χ1) is 9.42. The number of likely N-dealkylation sites (N-methyl/N-ethyl adjacent to an activating group) is 1. The van der Waals surface area contributed by atoms with Crippen LogP contribution < -0.4 is 5.32 Å². The first-order valence-corrected chi connectivity index (χ1v) is 7.52. The molecule has 0 amide bonds. The number of hydrogen-bond donors (Lipinski definition) is 1. The Labute approximate surface area is 123 Å². The molecule has 1 saturated heterocycles. The Morgan fingerprint density at radius 2 is 1.85 bits per heavy atom. The summed E-state index contributed by atoms with van der Waals surface area (Å²) in [6.07, 6.45) is 2.00. The molecule has 0 saturated carbocycles. The number of pyridine rings is 1. The van der Waals surface area contributed by atoms with E-state index >= 15 is 0 Å². The van der Waals surface area contributed by atoms with Gasteiger partial charge in [-0.2, -0.15) is 0 Å². The third-order valence-corrected chi connectivity index (χ3v) is 3.69. The highest BCUT2D eigenvalue weighted by Gasteiger charge is 2.14. The van der Waals surface area contributed by atoms with Crippen LogP contribution in [0.4, 0.5) is 0 Å². The smallest absolute Gasteiger partial charge is 0.0544 e. The lowest BCUT2D eigenvalue weighted by Crippen LogP contribution is -2.44. The number of rotatable bonds is 4. The van der Waals surface area contributed by atoms with Crippen LogP contribution in [0, 0.1) is 0 Å². The summed E-state index contributed by atoms with van der Waals surface area (Å²) < 4.78 is 0.